The van der Waals surface area contributed by atoms with Crippen LogP contribution in [0.15, 0.2) is 52.9 Å². The van der Waals surface area contributed by atoms with E-state index in [2.05, 4.69) is 0 Å². The minimum absolute atomic E-state index is 0.166. The summed E-state index contributed by atoms with van der Waals surface area (Å²) in [7, 11) is 1.56. The molecule has 0 amide bonds. The van der Waals surface area contributed by atoms with Crippen molar-refractivity contribution in [1.82, 2.24) is 0 Å². The highest BCUT2D eigenvalue weighted by atomic mass is 16.5. The SMILES string of the molecule is COc1ccc(C(=O)c2cc3cc(C(N)CC(=O)O)ccc3o2)cc1. The Morgan fingerprint density at radius 2 is 1.88 bits per heavy atom. The molecule has 0 fully saturated rings. The van der Waals surface area contributed by atoms with Crippen molar-refractivity contribution in [2.75, 3.05) is 7.11 Å². The van der Waals surface area contributed by atoms with E-state index < -0.39 is 12.0 Å². The Morgan fingerprint density at radius 3 is 2.52 bits per heavy atom. The Morgan fingerprint density at radius 1 is 1.16 bits per heavy atom. The molecule has 0 aliphatic carbocycles. The largest absolute Gasteiger partial charge is 0.497 e. The Bertz CT molecular complexity index is 927. The van der Waals surface area contributed by atoms with Crippen LogP contribution in [0.5, 0.6) is 5.75 Å². The molecule has 0 aliphatic heterocycles. The highest BCUT2D eigenvalue weighted by Gasteiger charge is 2.17. The lowest BCUT2D eigenvalue weighted by Gasteiger charge is -2.08. The number of hydrogen-bond donors (Lipinski definition) is 2. The number of benzene rings is 2. The Balaban J connectivity index is 1.89. The van der Waals surface area contributed by atoms with Crippen LogP contribution in [0, 0.1) is 0 Å². The van der Waals surface area contributed by atoms with Crippen LogP contribution >= 0.6 is 0 Å². The Kier molecular flexibility index (Phi) is 4.54. The topological polar surface area (TPSA) is 103 Å². The fourth-order valence-electron chi connectivity index (χ4n) is 2.60. The van der Waals surface area contributed by atoms with Gasteiger partial charge in [-0.25, -0.2) is 0 Å². The van der Waals surface area contributed by atoms with Crippen molar-refractivity contribution in [2.24, 2.45) is 5.73 Å². The van der Waals surface area contributed by atoms with Gasteiger partial charge in [-0.1, -0.05) is 6.07 Å². The fraction of sp³-hybridized carbons (Fsp3) is 0.158. The van der Waals surface area contributed by atoms with Gasteiger partial charge in [-0.2, -0.15) is 0 Å². The van der Waals surface area contributed by atoms with Crippen molar-refractivity contribution in [3.63, 3.8) is 0 Å². The predicted molar refractivity (Wildman–Crippen MR) is 91.8 cm³/mol. The molecule has 6 heteroatoms. The maximum atomic E-state index is 12.5. The average molecular weight is 339 g/mol. The summed E-state index contributed by atoms with van der Waals surface area (Å²) in [5, 5.41) is 9.55. The van der Waals surface area contributed by atoms with Gasteiger partial charge in [0.25, 0.3) is 0 Å². The smallest absolute Gasteiger partial charge is 0.305 e. The highest BCUT2D eigenvalue weighted by Crippen LogP contribution is 2.26. The number of nitrogens with two attached hydrogens (primary N) is 1. The number of rotatable bonds is 6. The van der Waals surface area contributed by atoms with Gasteiger partial charge in [-0.3, -0.25) is 9.59 Å². The highest BCUT2D eigenvalue weighted by molar-refractivity contribution is 6.09. The first kappa shape index (κ1) is 16.7. The lowest BCUT2D eigenvalue weighted by atomic mass is 10.0. The molecule has 1 unspecified atom stereocenters. The van der Waals surface area contributed by atoms with Crippen molar-refractivity contribution < 1.29 is 23.8 Å². The number of hydrogen-bond acceptors (Lipinski definition) is 5. The van der Waals surface area contributed by atoms with Crippen LogP contribution in [0.25, 0.3) is 11.0 Å². The zero-order valence-electron chi connectivity index (χ0n) is 13.6. The van der Waals surface area contributed by atoms with E-state index in [0.717, 1.165) is 0 Å². The second-order valence-electron chi connectivity index (χ2n) is 5.67. The molecule has 1 heterocycles. The molecule has 1 atom stereocenters. The van der Waals surface area contributed by atoms with Crippen LogP contribution < -0.4 is 10.5 Å². The molecule has 0 saturated heterocycles. The van der Waals surface area contributed by atoms with Gasteiger partial charge in [-0.15, -0.1) is 0 Å². The van der Waals surface area contributed by atoms with Gasteiger partial charge in [0.1, 0.15) is 11.3 Å². The lowest BCUT2D eigenvalue weighted by Crippen LogP contribution is -2.14. The quantitative estimate of drug-likeness (QED) is 0.669. The van der Waals surface area contributed by atoms with E-state index in [1.54, 1.807) is 55.6 Å². The number of carboxylic acid groups (broad SMARTS) is 1. The summed E-state index contributed by atoms with van der Waals surface area (Å²) < 4.78 is 10.7. The summed E-state index contributed by atoms with van der Waals surface area (Å²) in [5.74, 6) is -0.326. The second-order valence-corrected chi connectivity index (χ2v) is 5.67. The van der Waals surface area contributed by atoms with Crippen molar-refractivity contribution in [3.8, 4) is 5.75 Å². The monoisotopic (exact) mass is 339 g/mol. The Hall–Kier alpha value is -3.12. The van der Waals surface area contributed by atoms with E-state index >= 15 is 0 Å². The number of methoxy groups -OCH3 is 1. The van der Waals surface area contributed by atoms with E-state index in [4.69, 9.17) is 20.0 Å². The molecule has 0 aliphatic rings. The van der Waals surface area contributed by atoms with Crippen LogP contribution in [-0.2, 0) is 4.79 Å². The third-order valence-electron chi connectivity index (χ3n) is 3.94. The first-order valence-corrected chi connectivity index (χ1v) is 7.67. The summed E-state index contributed by atoms with van der Waals surface area (Å²) in [5.41, 5.74) is 7.59. The number of carbonyl (C=O) groups is 2. The van der Waals surface area contributed by atoms with Gasteiger partial charge >= 0.3 is 5.97 Å². The van der Waals surface area contributed by atoms with Crippen LogP contribution in [0.3, 0.4) is 0 Å². The van der Waals surface area contributed by atoms with Gasteiger partial charge in [-0.05, 0) is 48.0 Å². The van der Waals surface area contributed by atoms with Crippen LogP contribution in [0.4, 0.5) is 0 Å². The maximum absolute atomic E-state index is 12.5. The molecule has 3 aromatic rings. The average Bonchev–Trinajstić information content (AvgIpc) is 3.03. The molecule has 3 N–H and O–H groups in total. The number of aliphatic carboxylic acids is 1. The number of fused-ring (bicyclic) bond motifs is 1. The van der Waals surface area contributed by atoms with E-state index in [9.17, 15) is 9.59 Å². The van der Waals surface area contributed by atoms with E-state index in [1.165, 1.54) is 0 Å². The standard InChI is InChI=1S/C19H17NO5/c1-24-14-5-2-11(3-6-14)19(23)17-9-13-8-12(4-7-16(13)25-17)15(20)10-18(21)22/h2-9,15H,10,20H2,1H3,(H,21,22). The van der Waals surface area contributed by atoms with Crippen LogP contribution in [0.1, 0.15) is 34.1 Å². The van der Waals surface area contributed by atoms with Gasteiger partial charge in [0, 0.05) is 17.0 Å². The number of ketones is 1. The zero-order valence-corrected chi connectivity index (χ0v) is 13.6. The van der Waals surface area contributed by atoms with Crippen molar-refractivity contribution in [3.05, 3.63) is 65.4 Å². The lowest BCUT2D eigenvalue weighted by molar-refractivity contribution is -0.137. The Labute approximate surface area is 143 Å². The molecule has 1 aromatic heterocycles. The number of furan rings is 1. The normalized spacial score (nSPS) is 12.1. The number of ether oxygens (including phenoxy) is 1. The molecule has 0 bridgehead atoms. The second kappa shape index (κ2) is 6.78. The predicted octanol–water partition coefficient (Wildman–Crippen LogP) is 3.15. The molecule has 2 aromatic carbocycles. The number of carbonyl (C=O) groups excluding carboxylic acids is 1. The molecule has 0 saturated carbocycles. The van der Waals surface area contributed by atoms with E-state index in [-0.39, 0.29) is 18.0 Å². The summed E-state index contributed by atoms with van der Waals surface area (Å²) >= 11 is 0. The van der Waals surface area contributed by atoms with E-state index in [0.29, 0.717) is 27.8 Å². The minimum atomic E-state index is -0.963. The van der Waals surface area contributed by atoms with Gasteiger partial charge < -0.3 is 20.0 Å². The van der Waals surface area contributed by atoms with E-state index in [1.807, 2.05) is 0 Å². The van der Waals surface area contributed by atoms with Crippen molar-refractivity contribution in [2.45, 2.75) is 12.5 Å². The molecule has 0 spiro atoms. The van der Waals surface area contributed by atoms with Crippen LogP contribution in [-0.4, -0.2) is 24.0 Å². The van der Waals surface area contributed by atoms with Crippen molar-refractivity contribution in [1.29, 1.82) is 0 Å². The summed E-state index contributed by atoms with van der Waals surface area (Å²) in [4.78, 5) is 23.3. The summed E-state index contributed by atoms with van der Waals surface area (Å²) in [6.45, 7) is 0. The summed E-state index contributed by atoms with van der Waals surface area (Å²) in [6.07, 6.45) is -0.166. The first-order valence-electron chi connectivity index (χ1n) is 7.67. The van der Waals surface area contributed by atoms with Gasteiger partial charge in [0.05, 0.1) is 13.5 Å². The molecular weight excluding hydrogens is 322 g/mol. The van der Waals surface area contributed by atoms with Gasteiger partial charge in [0.2, 0.25) is 5.78 Å². The zero-order chi connectivity index (χ0) is 18.0. The fourth-order valence-corrected chi connectivity index (χ4v) is 2.60. The first-order chi connectivity index (χ1) is 12.0. The molecule has 3 rings (SSSR count). The molecule has 128 valence electrons. The third kappa shape index (κ3) is 3.54. The molecule has 0 radical (unpaired) electrons. The third-order valence-corrected chi connectivity index (χ3v) is 3.94. The van der Waals surface area contributed by atoms with Gasteiger partial charge in [0.15, 0.2) is 5.76 Å². The minimum Gasteiger partial charge on any atom is -0.497 e. The van der Waals surface area contributed by atoms with Crippen LogP contribution in [0.2, 0.25) is 0 Å². The summed E-state index contributed by atoms with van der Waals surface area (Å²) in [6, 6.07) is 12.9. The maximum Gasteiger partial charge on any atom is 0.305 e. The van der Waals surface area contributed by atoms with Crippen molar-refractivity contribution >= 4 is 22.7 Å². The molecule has 6 nitrogen and oxygen atoms in total. The number of carboxylic acids is 1. The molecule has 25 heavy (non-hydrogen) atoms. The molecular formula is C19H17NO5.